The van der Waals surface area contributed by atoms with Gasteiger partial charge in [0.1, 0.15) is 0 Å². The Bertz CT molecular complexity index is 108. The van der Waals surface area contributed by atoms with E-state index in [0.29, 0.717) is 12.2 Å². The van der Waals surface area contributed by atoms with E-state index < -0.39 is 0 Å². The topological polar surface area (TPSA) is 9.23 Å². The van der Waals surface area contributed by atoms with Gasteiger partial charge in [0.25, 0.3) is 0 Å². The van der Waals surface area contributed by atoms with Crippen LogP contribution in [0, 0.1) is 0 Å². The monoisotopic (exact) mass is 186 g/mol. The highest BCUT2D eigenvalue weighted by Gasteiger charge is 2.31. The summed E-state index contributed by atoms with van der Waals surface area (Å²) in [6.45, 7) is 0. The molecule has 0 aliphatic carbocycles. The molecule has 3 heterocycles. The highest BCUT2D eigenvalue weighted by Crippen LogP contribution is 2.33. The molecule has 0 saturated carbocycles. The van der Waals surface area contributed by atoms with Gasteiger partial charge in [-0.25, -0.2) is 0 Å². The summed E-state index contributed by atoms with van der Waals surface area (Å²) in [5.41, 5.74) is 0. The van der Waals surface area contributed by atoms with Crippen LogP contribution in [0.5, 0.6) is 0 Å². The Morgan fingerprint density at radius 1 is 0.833 bits per heavy atom. The van der Waals surface area contributed by atoms with Crippen LogP contribution >= 0.6 is 11.8 Å². The molecule has 0 atom stereocenters. The van der Waals surface area contributed by atoms with Crippen LogP contribution in [-0.4, -0.2) is 23.7 Å². The molecular weight excluding hydrogens is 168 g/mol. The van der Waals surface area contributed by atoms with Crippen molar-refractivity contribution < 1.29 is 4.74 Å². The number of hydrogen-bond acceptors (Lipinski definition) is 2. The molecule has 0 aromatic rings. The van der Waals surface area contributed by atoms with Crippen LogP contribution in [0.4, 0.5) is 0 Å². The predicted octanol–water partition coefficient (Wildman–Crippen LogP) is 2.84. The summed E-state index contributed by atoms with van der Waals surface area (Å²) in [5.74, 6) is 2.83. The van der Waals surface area contributed by atoms with Gasteiger partial charge in [-0.3, -0.25) is 0 Å². The molecule has 1 nitrogen and oxygen atoms in total. The molecule has 12 heavy (non-hydrogen) atoms. The Balaban J connectivity index is 0.000000100. The fraction of sp³-hybridized carbons (Fsp3) is 1.00. The smallest absolute Gasteiger partial charge is 0.0580 e. The van der Waals surface area contributed by atoms with Crippen molar-refractivity contribution in [1.29, 1.82) is 0 Å². The van der Waals surface area contributed by atoms with E-state index in [4.69, 9.17) is 4.74 Å². The van der Waals surface area contributed by atoms with Crippen LogP contribution in [0.3, 0.4) is 0 Å². The Morgan fingerprint density at radius 2 is 1.33 bits per heavy atom. The zero-order chi connectivity index (χ0) is 8.23. The molecule has 0 spiro atoms. The third kappa shape index (κ3) is 2.40. The lowest BCUT2D eigenvalue weighted by molar-refractivity contribution is 0.105. The van der Waals surface area contributed by atoms with E-state index in [9.17, 15) is 0 Å². The Kier molecular flexibility index (Phi) is 3.35. The van der Waals surface area contributed by atoms with Crippen LogP contribution in [0.15, 0.2) is 0 Å². The van der Waals surface area contributed by atoms with Crippen LogP contribution in [0.25, 0.3) is 0 Å². The van der Waals surface area contributed by atoms with Crippen LogP contribution in [0.2, 0.25) is 0 Å². The number of hydrogen-bond donors (Lipinski definition) is 0. The predicted molar refractivity (Wildman–Crippen MR) is 53.7 cm³/mol. The van der Waals surface area contributed by atoms with Gasteiger partial charge in [-0.2, -0.15) is 11.8 Å². The third-order valence-electron chi connectivity index (χ3n) is 2.83. The van der Waals surface area contributed by atoms with Crippen molar-refractivity contribution in [2.45, 2.75) is 50.7 Å². The molecule has 0 aromatic heterocycles. The second kappa shape index (κ2) is 4.52. The molecule has 3 saturated heterocycles. The summed E-state index contributed by atoms with van der Waals surface area (Å²) in [6, 6.07) is 0. The number of fused-ring (bicyclic) bond motifs is 2. The fourth-order valence-corrected chi connectivity index (χ4v) is 3.11. The van der Waals surface area contributed by atoms with Crippen LogP contribution in [0.1, 0.15) is 38.5 Å². The second-order valence-corrected chi connectivity index (χ2v) is 5.08. The minimum atomic E-state index is 0.671. The van der Waals surface area contributed by atoms with E-state index in [1.807, 2.05) is 0 Å². The Hall–Kier alpha value is 0.310. The van der Waals surface area contributed by atoms with Crippen molar-refractivity contribution in [2.24, 2.45) is 0 Å². The highest BCUT2D eigenvalue weighted by atomic mass is 32.2. The normalized spacial score (nSPS) is 38.0. The molecule has 3 fully saturated rings. The minimum absolute atomic E-state index is 0.671. The first-order valence-corrected chi connectivity index (χ1v) is 6.34. The zero-order valence-corrected chi connectivity index (χ0v) is 8.44. The molecule has 2 bridgehead atoms. The van der Waals surface area contributed by atoms with Crippen molar-refractivity contribution in [3.05, 3.63) is 0 Å². The SMILES string of the molecule is C1CC2CCC1O2.C1CCSC1. The van der Waals surface area contributed by atoms with Crippen molar-refractivity contribution in [1.82, 2.24) is 0 Å². The summed E-state index contributed by atoms with van der Waals surface area (Å²) in [5, 5.41) is 0. The summed E-state index contributed by atoms with van der Waals surface area (Å²) in [4.78, 5) is 0. The van der Waals surface area contributed by atoms with Crippen LogP contribution in [-0.2, 0) is 4.74 Å². The quantitative estimate of drug-likeness (QED) is 0.575. The lowest BCUT2D eigenvalue weighted by atomic mass is 10.0. The molecule has 70 valence electrons. The van der Waals surface area contributed by atoms with Crippen molar-refractivity contribution in [3.8, 4) is 0 Å². The number of ether oxygens (including phenoxy) is 1. The molecule has 0 unspecified atom stereocenters. The number of thioether (sulfide) groups is 1. The molecule has 0 N–H and O–H groups in total. The largest absolute Gasteiger partial charge is 0.375 e. The number of rotatable bonds is 0. The molecule has 3 aliphatic rings. The second-order valence-electron chi connectivity index (χ2n) is 3.85. The summed E-state index contributed by atoms with van der Waals surface area (Å²) >= 11 is 2.07. The molecule has 3 rings (SSSR count). The van der Waals surface area contributed by atoms with Gasteiger partial charge in [0.05, 0.1) is 12.2 Å². The van der Waals surface area contributed by atoms with Gasteiger partial charge in [-0.15, -0.1) is 0 Å². The average Bonchev–Trinajstić information content (AvgIpc) is 2.86. The summed E-state index contributed by atoms with van der Waals surface area (Å²) < 4.78 is 5.47. The maximum atomic E-state index is 5.47. The average molecular weight is 186 g/mol. The highest BCUT2D eigenvalue weighted by molar-refractivity contribution is 7.99. The van der Waals surface area contributed by atoms with Gasteiger partial charge in [0.15, 0.2) is 0 Å². The van der Waals surface area contributed by atoms with Crippen molar-refractivity contribution >= 4 is 11.8 Å². The van der Waals surface area contributed by atoms with E-state index in [2.05, 4.69) is 11.8 Å². The molecule has 0 amide bonds. The molecule has 3 aliphatic heterocycles. The molecular formula is C10H18OS. The van der Waals surface area contributed by atoms with E-state index >= 15 is 0 Å². The first-order valence-electron chi connectivity index (χ1n) is 5.18. The maximum Gasteiger partial charge on any atom is 0.0580 e. The molecule has 2 heteroatoms. The Morgan fingerprint density at radius 3 is 1.50 bits per heavy atom. The van der Waals surface area contributed by atoms with E-state index in [1.54, 1.807) is 0 Å². The molecule has 0 aromatic carbocycles. The first kappa shape index (κ1) is 8.89. The minimum Gasteiger partial charge on any atom is -0.375 e. The standard InChI is InChI=1S/C6H10O.C4H8S/c1-2-6-4-3-5(1)7-6;1-2-4-5-3-1/h5-6H,1-4H2;1-4H2. The maximum absolute atomic E-state index is 5.47. The molecule has 0 radical (unpaired) electrons. The lowest BCUT2D eigenvalue weighted by Gasteiger charge is -2.00. The Labute approximate surface area is 79.2 Å². The van der Waals surface area contributed by atoms with Crippen molar-refractivity contribution in [2.75, 3.05) is 11.5 Å². The van der Waals surface area contributed by atoms with Gasteiger partial charge in [-0.05, 0) is 50.0 Å². The summed E-state index contributed by atoms with van der Waals surface area (Å²) in [6.07, 6.45) is 9.62. The zero-order valence-electron chi connectivity index (χ0n) is 7.63. The van der Waals surface area contributed by atoms with E-state index in [-0.39, 0.29) is 0 Å². The van der Waals surface area contributed by atoms with Gasteiger partial charge in [-0.1, -0.05) is 0 Å². The first-order chi connectivity index (χ1) is 5.95. The lowest BCUT2D eigenvalue weighted by Crippen LogP contribution is -1.98. The third-order valence-corrected chi connectivity index (χ3v) is 3.99. The van der Waals surface area contributed by atoms with Gasteiger partial charge in [0.2, 0.25) is 0 Å². The van der Waals surface area contributed by atoms with E-state index in [1.165, 1.54) is 50.0 Å². The van der Waals surface area contributed by atoms with Crippen molar-refractivity contribution in [3.63, 3.8) is 0 Å². The fourth-order valence-electron chi connectivity index (χ4n) is 2.09. The summed E-state index contributed by atoms with van der Waals surface area (Å²) in [7, 11) is 0. The van der Waals surface area contributed by atoms with Gasteiger partial charge in [0, 0.05) is 0 Å². The van der Waals surface area contributed by atoms with E-state index in [0.717, 1.165) is 0 Å². The van der Waals surface area contributed by atoms with Gasteiger partial charge >= 0.3 is 0 Å². The van der Waals surface area contributed by atoms with Gasteiger partial charge < -0.3 is 4.74 Å². The van der Waals surface area contributed by atoms with Crippen LogP contribution < -0.4 is 0 Å².